The largest absolute Gasteiger partial charge is 0.492 e. The van der Waals surface area contributed by atoms with Gasteiger partial charge in [-0.1, -0.05) is 30.3 Å². The van der Waals surface area contributed by atoms with E-state index in [1.165, 1.54) is 5.56 Å². The van der Waals surface area contributed by atoms with Crippen molar-refractivity contribution in [3.63, 3.8) is 0 Å². The number of hydrogen-bond acceptors (Lipinski definition) is 5. The van der Waals surface area contributed by atoms with Crippen molar-refractivity contribution < 1.29 is 9.53 Å². The average molecular weight is 483 g/mol. The summed E-state index contributed by atoms with van der Waals surface area (Å²) in [6.07, 6.45) is 4.00. The van der Waals surface area contributed by atoms with Gasteiger partial charge in [0, 0.05) is 52.0 Å². The van der Waals surface area contributed by atoms with Crippen molar-refractivity contribution >= 4 is 28.6 Å². The number of carbonyl (C=O) groups is 1. The standard InChI is InChI=1S/C30H34N4O2/c1-22-16-24-17-27-28(31-20-26-8-5-9-34(26)30(27)35)18-25(24)19-29(22)36-15-14-32-10-12-33(13-11-32)21-23-6-3-2-4-7-23/h2-4,6-7,16-20,26H,5,8-15,21H2,1H3/t26-/m0/s1. The molecule has 0 spiro atoms. The van der Waals surface area contributed by atoms with Gasteiger partial charge >= 0.3 is 0 Å². The Bertz CT molecular complexity index is 1280. The highest BCUT2D eigenvalue weighted by Gasteiger charge is 2.31. The number of rotatable bonds is 6. The molecule has 36 heavy (non-hydrogen) atoms. The summed E-state index contributed by atoms with van der Waals surface area (Å²) in [6, 6.07) is 19.1. The molecule has 3 aromatic rings. The molecule has 3 aliphatic rings. The van der Waals surface area contributed by atoms with E-state index >= 15 is 0 Å². The molecule has 0 aromatic heterocycles. The van der Waals surface area contributed by atoms with Gasteiger partial charge in [-0.3, -0.25) is 19.6 Å². The molecular weight excluding hydrogens is 448 g/mol. The highest BCUT2D eigenvalue weighted by atomic mass is 16.5. The first kappa shape index (κ1) is 23.2. The zero-order valence-corrected chi connectivity index (χ0v) is 21.0. The smallest absolute Gasteiger partial charge is 0.256 e. The molecule has 1 atom stereocenters. The van der Waals surface area contributed by atoms with E-state index in [0.717, 1.165) is 86.4 Å². The lowest BCUT2D eigenvalue weighted by Gasteiger charge is -2.34. The van der Waals surface area contributed by atoms with Crippen molar-refractivity contribution in [1.29, 1.82) is 0 Å². The number of amides is 1. The number of aryl methyl sites for hydroxylation is 1. The topological polar surface area (TPSA) is 48.4 Å². The van der Waals surface area contributed by atoms with Crippen LogP contribution in [0.5, 0.6) is 5.75 Å². The van der Waals surface area contributed by atoms with Crippen LogP contribution in [0.15, 0.2) is 59.6 Å². The first-order valence-corrected chi connectivity index (χ1v) is 13.2. The third-order valence-electron chi connectivity index (χ3n) is 7.80. The summed E-state index contributed by atoms with van der Waals surface area (Å²) < 4.78 is 6.25. The lowest BCUT2D eigenvalue weighted by molar-refractivity contribution is 0.0775. The Hall–Kier alpha value is -3.22. The second-order valence-electron chi connectivity index (χ2n) is 10.3. The molecule has 6 nitrogen and oxygen atoms in total. The van der Waals surface area contributed by atoms with Crippen molar-refractivity contribution in [3.05, 3.63) is 71.3 Å². The minimum Gasteiger partial charge on any atom is -0.492 e. The van der Waals surface area contributed by atoms with Crippen LogP contribution in [-0.2, 0) is 6.54 Å². The summed E-state index contributed by atoms with van der Waals surface area (Å²) in [7, 11) is 0. The van der Waals surface area contributed by atoms with Gasteiger partial charge in [0.1, 0.15) is 12.4 Å². The third kappa shape index (κ3) is 4.75. The number of piperazine rings is 1. The fourth-order valence-corrected chi connectivity index (χ4v) is 5.68. The molecule has 2 fully saturated rings. The van der Waals surface area contributed by atoms with E-state index < -0.39 is 0 Å². The van der Waals surface area contributed by atoms with Crippen LogP contribution in [0.4, 0.5) is 5.69 Å². The summed E-state index contributed by atoms with van der Waals surface area (Å²) in [6.45, 7) is 9.85. The molecule has 0 saturated carbocycles. The maximum Gasteiger partial charge on any atom is 0.256 e. The fraction of sp³-hybridized carbons (Fsp3) is 0.400. The van der Waals surface area contributed by atoms with E-state index in [2.05, 4.69) is 59.2 Å². The first-order chi connectivity index (χ1) is 17.6. The summed E-state index contributed by atoms with van der Waals surface area (Å²) >= 11 is 0. The van der Waals surface area contributed by atoms with Gasteiger partial charge in [-0.05, 0) is 65.9 Å². The Labute approximate surface area is 213 Å². The Morgan fingerprint density at radius 2 is 1.72 bits per heavy atom. The number of fused-ring (bicyclic) bond motifs is 3. The normalized spacial score (nSPS) is 20.4. The minimum absolute atomic E-state index is 0.105. The molecule has 186 valence electrons. The molecule has 0 bridgehead atoms. The Morgan fingerprint density at radius 1 is 0.944 bits per heavy atom. The molecule has 0 radical (unpaired) electrons. The van der Waals surface area contributed by atoms with Crippen LogP contribution < -0.4 is 4.74 Å². The molecule has 3 heterocycles. The Kier molecular flexibility index (Phi) is 6.46. The lowest BCUT2D eigenvalue weighted by Crippen LogP contribution is -2.47. The van der Waals surface area contributed by atoms with Gasteiger partial charge in [0.05, 0.1) is 17.3 Å². The molecule has 3 aromatic carbocycles. The number of ether oxygens (including phenoxy) is 1. The predicted octanol–water partition coefficient (Wildman–Crippen LogP) is 4.67. The quantitative estimate of drug-likeness (QED) is 0.513. The maximum absolute atomic E-state index is 13.1. The highest BCUT2D eigenvalue weighted by Crippen LogP contribution is 2.34. The Morgan fingerprint density at radius 3 is 2.56 bits per heavy atom. The summed E-state index contributed by atoms with van der Waals surface area (Å²) in [5.74, 6) is 1.02. The third-order valence-corrected chi connectivity index (χ3v) is 7.80. The van der Waals surface area contributed by atoms with Crippen LogP contribution in [0.3, 0.4) is 0 Å². The van der Waals surface area contributed by atoms with E-state index in [0.29, 0.717) is 12.2 Å². The zero-order chi connectivity index (χ0) is 24.5. The van der Waals surface area contributed by atoms with Gasteiger partial charge in [-0.2, -0.15) is 0 Å². The van der Waals surface area contributed by atoms with Crippen molar-refractivity contribution in [2.75, 3.05) is 45.9 Å². The first-order valence-electron chi connectivity index (χ1n) is 13.2. The van der Waals surface area contributed by atoms with Gasteiger partial charge in [-0.25, -0.2) is 0 Å². The minimum atomic E-state index is 0.105. The van der Waals surface area contributed by atoms with Crippen LogP contribution in [0.25, 0.3) is 10.8 Å². The van der Waals surface area contributed by atoms with Gasteiger partial charge in [-0.15, -0.1) is 0 Å². The van der Waals surface area contributed by atoms with Gasteiger partial charge in [0.2, 0.25) is 0 Å². The fourth-order valence-electron chi connectivity index (χ4n) is 5.68. The molecule has 1 amide bonds. The van der Waals surface area contributed by atoms with E-state index in [1.54, 1.807) is 0 Å². The average Bonchev–Trinajstić information content (AvgIpc) is 3.33. The van der Waals surface area contributed by atoms with Gasteiger partial charge in [0.15, 0.2) is 0 Å². The van der Waals surface area contributed by atoms with E-state index in [1.807, 2.05) is 23.2 Å². The molecule has 6 heteroatoms. The molecular formula is C30H34N4O2. The Balaban J connectivity index is 1.08. The molecule has 0 unspecified atom stereocenters. The molecule has 0 N–H and O–H groups in total. The number of benzene rings is 3. The summed E-state index contributed by atoms with van der Waals surface area (Å²) in [5, 5.41) is 2.13. The molecule has 0 aliphatic carbocycles. The number of carbonyl (C=O) groups excluding carboxylic acids is 1. The van der Waals surface area contributed by atoms with Crippen LogP contribution in [0.1, 0.15) is 34.3 Å². The van der Waals surface area contributed by atoms with Crippen LogP contribution in [0.2, 0.25) is 0 Å². The van der Waals surface area contributed by atoms with E-state index in [-0.39, 0.29) is 11.9 Å². The van der Waals surface area contributed by atoms with Gasteiger partial charge in [0.25, 0.3) is 5.91 Å². The zero-order valence-electron chi connectivity index (χ0n) is 21.0. The maximum atomic E-state index is 13.1. The molecule has 6 rings (SSSR count). The SMILES string of the molecule is Cc1cc2cc3c(cc2cc1OCCN1CCN(Cc2ccccc2)CC1)N=C[C@@H]1CCCN1C3=O. The van der Waals surface area contributed by atoms with E-state index in [4.69, 9.17) is 9.73 Å². The van der Waals surface area contributed by atoms with Gasteiger partial charge < -0.3 is 9.64 Å². The van der Waals surface area contributed by atoms with Crippen molar-refractivity contribution in [1.82, 2.24) is 14.7 Å². The monoisotopic (exact) mass is 482 g/mol. The summed E-state index contributed by atoms with van der Waals surface area (Å²) in [5.41, 5.74) is 3.96. The molecule has 2 saturated heterocycles. The van der Waals surface area contributed by atoms with Crippen LogP contribution >= 0.6 is 0 Å². The van der Waals surface area contributed by atoms with Crippen LogP contribution in [0, 0.1) is 6.92 Å². The second-order valence-corrected chi connectivity index (χ2v) is 10.3. The lowest BCUT2D eigenvalue weighted by atomic mass is 10.0. The van der Waals surface area contributed by atoms with Crippen molar-refractivity contribution in [3.8, 4) is 5.75 Å². The highest BCUT2D eigenvalue weighted by molar-refractivity contribution is 6.06. The molecule has 3 aliphatic heterocycles. The van der Waals surface area contributed by atoms with E-state index in [9.17, 15) is 4.79 Å². The number of nitrogens with zero attached hydrogens (tertiary/aromatic N) is 4. The number of aliphatic imine (C=N–C) groups is 1. The van der Waals surface area contributed by atoms with Crippen LogP contribution in [-0.4, -0.2) is 78.7 Å². The predicted molar refractivity (Wildman–Crippen MR) is 145 cm³/mol. The van der Waals surface area contributed by atoms with Crippen molar-refractivity contribution in [2.24, 2.45) is 4.99 Å². The summed E-state index contributed by atoms with van der Waals surface area (Å²) in [4.78, 5) is 24.8. The number of hydrogen-bond donors (Lipinski definition) is 0. The second kappa shape index (κ2) is 10.0. The van der Waals surface area contributed by atoms with Crippen molar-refractivity contribution in [2.45, 2.75) is 32.4 Å².